The third-order valence-electron chi connectivity index (χ3n) is 6.10. The van der Waals surface area contributed by atoms with Crippen molar-refractivity contribution in [1.82, 2.24) is 5.32 Å². The van der Waals surface area contributed by atoms with Crippen molar-refractivity contribution < 1.29 is 14.3 Å². The molecule has 0 saturated heterocycles. The first-order chi connectivity index (χ1) is 16.7. The van der Waals surface area contributed by atoms with Crippen LogP contribution in [0.2, 0.25) is 0 Å². The second-order valence-electron chi connectivity index (χ2n) is 9.25. The van der Waals surface area contributed by atoms with Crippen molar-refractivity contribution in [2.45, 2.75) is 117 Å². The minimum absolute atomic E-state index is 0.132. The predicted octanol–water partition coefficient (Wildman–Crippen LogP) is 8.69. The molecule has 0 spiro atoms. The van der Waals surface area contributed by atoms with Gasteiger partial charge >= 0.3 is 0 Å². The zero-order valence-corrected chi connectivity index (χ0v) is 22.7. The van der Waals surface area contributed by atoms with Gasteiger partial charge in [-0.3, -0.25) is 4.79 Å². The van der Waals surface area contributed by atoms with E-state index in [1.165, 1.54) is 89.9 Å². The Labute approximate surface area is 214 Å². The average Bonchev–Trinajstić information content (AvgIpc) is 2.85. The van der Waals surface area contributed by atoms with Gasteiger partial charge in [0, 0.05) is 18.0 Å². The Morgan fingerprint density at radius 2 is 1.18 bits per heavy atom. The molecule has 0 radical (unpaired) electrons. The first-order valence-corrected chi connectivity index (χ1v) is 14.5. The Hall–Kier alpha value is -1.42. The summed E-state index contributed by atoms with van der Waals surface area (Å²) in [7, 11) is 0. The zero-order chi connectivity index (χ0) is 24.7. The van der Waals surface area contributed by atoms with Gasteiger partial charge in [0.2, 0.25) is 0 Å². The van der Waals surface area contributed by atoms with Crippen molar-refractivity contribution in [3.05, 3.63) is 23.8 Å². The summed E-state index contributed by atoms with van der Waals surface area (Å²) < 4.78 is 12.1. The highest BCUT2D eigenvalue weighted by atomic mass is 35.5. The quantitative estimate of drug-likeness (QED) is 0.122. The van der Waals surface area contributed by atoms with Crippen LogP contribution in [0.25, 0.3) is 0 Å². The Morgan fingerprint density at radius 1 is 0.706 bits per heavy atom. The molecule has 1 aromatic carbocycles. The molecule has 0 fully saturated rings. The van der Waals surface area contributed by atoms with E-state index in [2.05, 4.69) is 19.2 Å². The summed E-state index contributed by atoms with van der Waals surface area (Å²) in [6.07, 6.45) is 20.3. The Kier molecular flexibility index (Phi) is 19.9. The molecule has 5 heteroatoms. The monoisotopic (exact) mass is 495 g/mol. The molecule has 1 N–H and O–H groups in total. The van der Waals surface area contributed by atoms with Gasteiger partial charge in [0.25, 0.3) is 5.91 Å². The van der Waals surface area contributed by atoms with Crippen molar-refractivity contribution in [3.8, 4) is 11.5 Å². The molecule has 0 aliphatic carbocycles. The molecule has 0 saturated carbocycles. The van der Waals surface area contributed by atoms with Crippen molar-refractivity contribution in [2.75, 3.05) is 25.6 Å². The van der Waals surface area contributed by atoms with Crippen LogP contribution in [0.5, 0.6) is 11.5 Å². The van der Waals surface area contributed by atoms with E-state index in [9.17, 15) is 4.79 Å². The van der Waals surface area contributed by atoms with E-state index in [4.69, 9.17) is 21.1 Å². The molecule has 4 nitrogen and oxygen atoms in total. The SMILES string of the molecule is CCCCCCCCCCOc1ccc(C(=O)NCCCl)cc1OCCCCCCCCCC. The lowest BCUT2D eigenvalue weighted by Crippen LogP contribution is -2.25. The van der Waals surface area contributed by atoms with Crippen molar-refractivity contribution in [2.24, 2.45) is 0 Å². The molecule has 196 valence electrons. The molecular weight excluding hydrogens is 446 g/mol. The summed E-state index contributed by atoms with van der Waals surface area (Å²) in [5.41, 5.74) is 0.579. The maximum atomic E-state index is 12.4. The maximum absolute atomic E-state index is 12.4. The highest BCUT2D eigenvalue weighted by Gasteiger charge is 2.12. The highest BCUT2D eigenvalue weighted by molar-refractivity contribution is 6.18. The fourth-order valence-corrected chi connectivity index (χ4v) is 4.07. The molecule has 0 unspecified atom stereocenters. The van der Waals surface area contributed by atoms with Crippen LogP contribution in [-0.2, 0) is 0 Å². The minimum Gasteiger partial charge on any atom is -0.490 e. The van der Waals surface area contributed by atoms with Gasteiger partial charge in [-0.05, 0) is 31.0 Å². The van der Waals surface area contributed by atoms with Crippen LogP contribution >= 0.6 is 11.6 Å². The number of halogens is 1. The Bertz CT molecular complexity index is 623. The van der Waals surface area contributed by atoms with Crippen LogP contribution in [0.1, 0.15) is 127 Å². The molecular formula is C29H50ClNO3. The van der Waals surface area contributed by atoms with Crippen molar-refractivity contribution in [3.63, 3.8) is 0 Å². The first-order valence-electron chi connectivity index (χ1n) is 14.0. The molecule has 0 aliphatic heterocycles. The number of unbranched alkanes of at least 4 members (excludes halogenated alkanes) is 14. The molecule has 0 atom stereocenters. The van der Waals surface area contributed by atoms with Crippen LogP contribution in [0, 0.1) is 0 Å². The number of nitrogens with one attached hydrogen (secondary N) is 1. The van der Waals surface area contributed by atoms with E-state index in [1.807, 2.05) is 6.07 Å². The summed E-state index contributed by atoms with van der Waals surface area (Å²) in [6, 6.07) is 5.47. The lowest BCUT2D eigenvalue weighted by Gasteiger charge is -2.14. The molecule has 0 bridgehead atoms. The molecule has 34 heavy (non-hydrogen) atoms. The van der Waals surface area contributed by atoms with Crippen LogP contribution < -0.4 is 14.8 Å². The minimum atomic E-state index is -0.132. The van der Waals surface area contributed by atoms with Gasteiger partial charge in [-0.2, -0.15) is 0 Å². The van der Waals surface area contributed by atoms with Gasteiger partial charge in [0.05, 0.1) is 13.2 Å². The number of rotatable bonds is 23. The molecule has 0 heterocycles. The number of carbonyl (C=O) groups excluding carboxylic acids is 1. The Balaban J connectivity index is 2.44. The van der Waals surface area contributed by atoms with Gasteiger partial charge in [0.1, 0.15) is 0 Å². The largest absolute Gasteiger partial charge is 0.490 e. The number of carbonyl (C=O) groups is 1. The summed E-state index contributed by atoms with van der Waals surface area (Å²) in [6.45, 7) is 6.29. The number of benzene rings is 1. The number of hydrogen-bond donors (Lipinski definition) is 1. The van der Waals surface area contributed by atoms with Crippen molar-refractivity contribution >= 4 is 17.5 Å². The van der Waals surface area contributed by atoms with Crippen LogP contribution in [-0.4, -0.2) is 31.5 Å². The number of hydrogen-bond acceptors (Lipinski definition) is 3. The summed E-state index contributed by atoms with van der Waals surface area (Å²) >= 11 is 5.70. The van der Waals surface area contributed by atoms with E-state index >= 15 is 0 Å². The average molecular weight is 496 g/mol. The zero-order valence-electron chi connectivity index (χ0n) is 22.0. The van der Waals surface area contributed by atoms with Gasteiger partial charge in [0.15, 0.2) is 11.5 Å². The fraction of sp³-hybridized carbons (Fsp3) is 0.759. The lowest BCUT2D eigenvalue weighted by atomic mass is 10.1. The second-order valence-corrected chi connectivity index (χ2v) is 9.63. The Morgan fingerprint density at radius 3 is 1.68 bits per heavy atom. The third kappa shape index (κ3) is 15.5. The number of ether oxygens (including phenoxy) is 2. The second kappa shape index (κ2) is 22.1. The van der Waals surface area contributed by atoms with Crippen molar-refractivity contribution in [1.29, 1.82) is 0 Å². The van der Waals surface area contributed by atoms with Gasteiger partial charge in [-0.25, -0.2) is 0 Å². The summed E-state index contributed by atoms with van der Waals surface area (Å²) in [4.78, 5) is 12.4. The molecule has 1 rings (SSSR count). The molecule has 0 aromatic heterocycles. The van der Waals surface area contributed by atoms with Gasteiger partial charge in [-0.1, -0.05) is 104 Å². The summed E-state index contributed by atoms with van der Waals surface area (Å²) in [5.74, 6) is 1.66. The first kappa shape index (κ1) is 30.6. The van der Waals surface area contributed by atoms with Gasteiger partial charge in [-0.15, -0.1) is 11.6 Å². The van der Waals surface area contributed by atoms with E-state index < -0.39 is 0 Å². The lowest BCUT2D eigenvalue weighted by molar-refractivity contribution is 0.0955. The van der Waals surface area contributed by atoms with E-state index in [1.54, 1.807) is 12.1 Å². The summed E-state index contributed by atoms with van der Waals surface area (Å²) in [5, 5.41) is 2.82. The van der Waals surface area contributed by atoms with Crippen LogP contribution in [0.4, 0.5) is 0 Å². The molecule has 0 aliphatic rings. The highest BCUT2D eigenvalue weighted by Crippen LogP contribution is 2.29. The van der Waals surface area contributed by atoms with E-state index in [-0.39, 0.29) is 5.91 Å². The molecule has 1 amide bonds. The number of amides is 1. The smallest absolute Gasteiger partial charge is 0.251 e. The number of alkyl halides is 1. The predicted molar refractivity (Wildman–Crippen MR) is 146 cm³/mol. The topological polar surface area (TPSA) is 47.6 Å². The fourth-order valence-electron chi connectivity index (χ4n) is 3.98. The standard InChI is InChI=1S/C29H50ClNO3/c1-3-5-7-9-11-13-15-17-23-33-27-20-19-26(29(32)31-22-21-30)25-28(27)34-24-18-16-14-12-10-8-6-4-2/h19-20,25H,3-18,21-24H2,1-2H3,(H,31,32). The van der Waals surface area contributed by atoms with E-state index in [0.717, 1.165) is 18.6 Å². The maximum Gasteiger partial charge on any atom is 0.251 e. The van der Waals surface area contributed by atoms with E-state index in [0.29, 0.717) is 37.0 Å². The van der Waals surface area contributed by atoms with Gasteiger partial charge < -0.3 is 14.8 Å². The normalized spacial score (nSPS) is 10.9. The van der Waals surface area contributed by atoms with Crippen LogP contribution in [0.3, 0.4) is 0 Å². The molecule has 1 aromatic rings. The third-order valence-corrected chi connectivity index (χ3v) is 6.29. The van der Waals surface area contributed by atoms with Crippen LogP contribution in [0.15, 0.2) is 18.2 Å².